The Morgan fingerprint density at radius 1 is 0.475 bits per heavy atom. The molecule has 19 heteroatoms. The van der Waals surface area contributed by atoms with Crippen LogP contribution in [0.5, 0.6) is 23.0 Å². The van der Waals surface area contributed by atoms with E-state index in [9.17, 15) is 61.5 Å². The maximum Gasteiger partial charge on any atom is 0.422 e. The minimum Gasteiger partial charge on any atom is -0.448 e. The summed E-state index contributed by atoms with van der Waals surface area (Å²) in [6.45, 7) is 0. The normalized spacial score (nSPS) is 12.6. The van der Waals surface area contributed by atoms with Crippen LogP contribution in [0, 0.1) is 34.9 Å². The van der Waals surface area contributed by atoms with Crippen LogP contribution in [-0.2, 0) is 18.5 Å². The molecule has 40 heavy (non-hydrogen) atoms. The molecule has 0 atom stereocenters. The van der Waals surface area contributed by atoms with E-state index in [1.807, 2.05) is 0 Å². The molecule has 0 aliphatic rings. The Labute approximate surface area is 210 Å². The fourth-order valence-electron chi connectivity index (χ4n) is 3.11. The van der Waals surface area contributed by atoms with Crippen molar-refractivity contribution in [2.75, 3.05) is 11.5 Å². The Hall–Kier alpha value is -4.19. The molecule has 0 aromatic heterocycles. The summed E-state index contributed by atoms with van der Waals surface area (Å²) < 4.78 is 213. The van der Waals surface area contributed by atoms with E-state index < -0.39 is 123 Å². The van der Waals surface area contributed by atoms with Gasteiger partial charge in [0, 0.05) is 6.07 Å². The van der Waals surface area contributed by atoms with Crippen LogP contribution in [0.3, 0.4) is 0 Å². The van der Waals surface area contributed by atoms with E-state index >= 15 is 4.39 Å². The molecule has 3 rings (SSSR count). The number of ether oxygens (including phenoxy) is 2. The fraction of sp³-hybridized carbons (Fsp3) is 0.143. The highest BCUT2D eigenvalue weighted by Crippen LogP contribution is 2.48. The summed E-state index contributed by atoms with van der Waals surface area (Å²) in [5, 5.41) is 0. The lowest BCUT2D eigenvalue weighted by Gasteiger charge is -2.20. The topological polar surface area (TPSA) is 70.5 Å². The van der Waals surface area contributed by atoms with Crippen molar-refractivity contribution in [3.05, 3.63) is 69.8 Å². The fourth-order valence-corrected chi connectivity index (χ4v) is 3.11. The maximum absolute atomic E-state index is 15.1. The number of nitrogen functional groups attached to an aromatic ring is 2. The SMILES string of the molecule is Nc1c(C(F)(F)F)cc(F)c(Oc2cc(F)c(C(F)(F)F)c(Oc3c(F)cc(C(F)(F)F)c(N)c3F)c2F)c1F. The Morgan fingerprint density at radius 2 is 0.875 bits per heavy atom. The smallest absolute Gasteiger partial charge is 0.422 e. The number of alkyl halides is 9. The Bertz CT molecular complexity index is 1490. The standard InChI is InChI=1S/C21H7F15N2O2/c22-6-3-9(39-16-7(23)1-4(19(28,29)30)14(37)12(16)26)11(25)18(10(6)21(34,35)36)40-17-8(24)2-5(20(31,32)33)15(38)13(17)27/h1-3H,37-38H2. The highest BCUT2D eigenvalue weighted by Gasteiger charge is 2.43. The van der Waals surface area contributed by atoms with Crippen molar-refractivity contribution in [2.24, 2.45) is 0 Å². The average molecular weight is 604 g/mol. The Morgan fingerprint density at radius 3 is 1.25 bits per heavy atom. The van der Waals surface area contributed by atoms with Crippen molar-refractivity contribution >= 4 is 11.4 Å². The zero-order valence-corrected chi connectivity index (χ0v) is 18.4. The first kappa shape index (κ1) is 30.4. The van der Waals surface area contributed by atoms with Crippen LogP contribution in [0.2, 0.25) is 0 Å². The predicted molar refractivity (Wildman–Crippen MR) is 103 cm³/mol. The summed E-state index contributed by atoms with van der Waals surface area (Å²) in [7, 11) is 0. The molecule has 0 heterocycles. The molecule has 0 unspecified atom stereocenters. The third-order valence-electron chi connectivity index (χ3n) is 4.88. The zero-order chi connectivity index (χ0) is 30.7. The molecule has 0 bridgehead atoms. The van der Waals surface area contributed by atoms with Crippen LogP contribution in [0.25, 0.3) is 0 Å². The molecule has 218 valence electrons. The van der Waals surface area contributed by atoms with Crippen LogP contribution >= 0.6 is 0 Å². The summed E-state index contributed by atoms with van der Waals surface area (Å²) in [5.74, 6) is -23.5. The summed E-state index contributed by atoms with van der Waals surface area (Å²) >= 11 is 0. The van der Waals surface area contributed by atoms with Crippen LogP contribution < -0.4 is 20.9 Å². The monoisotopic (exact) mass is 604 g/mol. The van der Waals surface area contributed by atoms with Crippen LogP contribution in [-0.4, -0.2) is 0 Å². The van der Waals surface area contributed by atoms with E-state index in [0.717, 1.165) is 0 Å². The highest BCUT2D eigenvalue weighted by atomic mass is 19.4. The second kappa shape index (κ2) is 9.77. The third-order valence-corrected chi connectivity index (χ3v) is 4.88. The largest absolute Gasteiger partial charge is 0.448 e. The lowest BCUT2D eigenvalue weighted by Crippen LogP contribution is -2.15. The highest BCUT2D eigenvalue weighted by molar-refractivity contribution is 5.58. The summed E-state index contributed by atoms with van der Waals surface area (Å²) in [4.78, 5) is 0. The van der Waals surface area contributed by atoms with Gasteiger partial charge in [0.1, 0.15) is 11.4 Å². The molecule has 0 aliphatic carbocycles. The molecule has 0 aliphatic heterocycles. The van der Waals surface area contributed by atoms with Crippen molar-refractivity contribution in [1.29, 1.82) is 0 Å². The van der Waals surface area contributed by atoms with E-state index in [1.54, 1.807) is 0 Å². The molecule has 0 fully saturated rings. The van der Waals surface area contributed by atoms with E-state index in [1.165, 1.54) is 0 Å². The second-order valence-corrected chi connectivity index (χ2v) is 7.50. The second-order valence-electron chi connectivity index (χ2n) is 7.50. The molecule has 3 aromatic carbocycles. The number of hydrogen-bond acceptors (Lipinski definition) is 4. The molecule has 3 aromatic rings. The number of halogens is 15. The van der Waals surface area contributed by atoms with Crippen LogP contribution in [0.15, 0.2) is 18.2 Å². The van der Waals surface area contributed by atoms with Crippen molar-refractivity contribution in [3.63, 3.8) is 0 Å². The van der Waals surface area contributed by atoms with E-state index in [4.69, 9.17) is 11.5 Å². The van der Waals surface area contributed by atoms with Crippen molar-refractivity contribution in [2.45, 2.75) is 18.5 Å². The first-order chi connectivity index (χ1) is 18.1. The molecule has 4 nitrogen and oxygen atoms in total. The molecular weight excluding hydrogens is 597 g/mol. The maximum atomic E-state index is 15.1. The molecule has 0 saturated carbocycles. The number of benzene rings is 3. The minimum atomic E-state index is -5.96. The summed E-state index contributed by atoms with van der Waals surface area (Å²) in [5.41, 5.74) is -1.03. The van der Waals surface area contributed by atoms with Gasteiger partial charge in [-0.05, 0) is 12.1 Å². The summed E-state index contributed by atoms with van der Waals surface area (Å²) in [6, 6.07) is -1.53. The molecule has 0 saturated heterocycles. The molecule has 0 amide bonds. The number of nitrogens with two attached hydrogens (primary N) is 2. The van der Waals surface area contributed by atoms with Crippen molar-refractivity contribution in [3.8, 4) is 23.0 Å². The van der Waals surface area contributed by atoms with E-state index in [2.05, 4.69) is 9.47 Å². The van der Waals surface area contributed by atoms with Crippen molar-refractivity contribution < 1.29 is 75.3 Å². The van der Waals surface area contributed by atoms with Gasteiger partial charge in [0.2, 0.25) is 17.3 Å². The van der Waals surface area contributed by atoms with Gasteiger partial charge in [-0.2, -0.15) is 43.9 Å². The van der Waals surface area contributed by atoms with Gasteiger partial charge in [-0.25, -0.2) is 22.0 Å². The Balaban J connectivity index is 2.25. The van der Waals surface area contributed by atoms with Gasteiger partial charge < -0.3 is 20.9 Å². The van der Waals surface area contributed by atoms with E-state index in [-0.39, 0.29) is 0 Å². The quantitative estimate of drug-likeness (QED) is 0.232. The van der Waals surface area contributed by atoms with Gasteiger partial charge in [-0.1, -0.05) is 0 Å². The Kier molecular flexibility index (Phi) is 7.42. The number of hydrogen-bond donors (Lipinski definition) is 2. The van der Waals surface area contributed by atoms with Gasteiger partial charge in [-0.15, -0.1) is 0 Å². The average Bonchev–Trinajstić information content (AvgIpc) is 2.79. The molecule has 0 spiro atoms. The van der Waals surface area contributed by atoms with Crippen LogP contribution in [0.4, 0.5) is 77.2 Å². The van der Waals surface area contributed by atoms with Gasteiger partial charge in [-0.3, -0.25) is 0 Å². The lowest BCUT2D eigenvalue weighted by atomic mass is 10.1. The summed E-state index contributed by atoms with van der Waals surface area (Å²) in [6.07, 6.45) is -16.9. The van der Waals surface area contributed by atoms with Gasteiger partial charge in [0.05, 0.1) is 22.5 Å². The third kappa shape index (κ3) is 5.44. The predicted octanol–water partition coefficient (Wildman–Crippen LogP) is 8.33. The molecular formula is C21H7F15N2O2. The van der Waals surface area contributed by atoms with E-state index in [0.29, 0.717) is 0 Å². The lowest BCUT2D eigenvalue weighted by molar-refractivity contribution is -0.141. The number of rotatable bonds is 4. The van der Waals surface area contributed by atoms with Crippen LogP contribution in [0.1, 0.15) is 16.7 Å². The van der Waals surface area contributed by atoms with Gasteiger partial charge in [0.15, 0.2) is 34.8 Å². The zero-order valence-electron chi connectivity index (χ0n) is 18.4. The molecule has 0 radical (unpaired) electrons. The molecule has 4 N–H and O–H groups in total. The first-order valence-electron chi connectivity index (χ1n) is 9.71. The van der Waals surface area contributed by atoms with Crippen molar-refractivity contribution in [1.82, 2.24) is 0 Å². The van der Waals surface area contributed by atoms with Gasteiger partial charge in [0.25, 0.3) is 0 Å². The van der Waals surface area contributed by atoms with Gasteiger partial charge >= 0.3 is 18.5 Å². The minimum absolute atomic E-state index is 0.459. The number of anilines is 2. The first-order valence-corrected chi connectivity index (χ1v) is 9.71.